The lowest BCUT2D eigenvalue weighted by Gasteiger charge is -2.08. The van der Waals surface area contributed by atoms with Gasteiger partial charge >= 0.3 is 5.97 Å². The second-order valence-electron chi connectivity index (χ2n) is 6.44. The minimum absolute atomic E-state index is 0.183. The van der Waals surface area contributed by atoms with Gasteiger partial charge in [-0.15, -0.1) is 0 Å². The zero-order valence-electron chi connectivity index (χ0n) is 15.5. The predicted octanol–water partition coefficient (Wildman–Crippen LogP) is 4.43. The molecule has 1 heterocycles. The molecule has 3 aromatic rings. The SMILES string of the molecule is O=C(COc1ccc2c(c1)OC(=Cc1ccccc1)C2=O)OCc1ccccc1. The van der Waals surface area contributed by atoms with Gasteiger partial charge in [0.15, 0.2) is 12.4 Å². The molecule has 3 aromatic carbocycles. The van der Waals surface area contributed by atoms with Crippen molar-refractivity contribution in [2.45, 2.75) is 6.61 Å². The van der Waals surface area contributed by atoms with Crippen molar-refractivity contribution < 1.29 is 23.8 Å². The molecular weight excluding hydrogens is 368 g/mol. The molecule has 0 atom stereocenters. The van der Waals surface area contributed by atoms with Crippen LogP contribution in [0.15, 0.2) is 84.6 Å². The standard InChI is InChI=1S/C24H18O5/c25-23(28-15-18-9-5-2-6-10-18)16-27-19-11-12-20-21(14-19)29-22(24(20)26)13-17-7-3-1-4-8-17/h1-14H,15-16H2. The lowest BCUT2D eigenvalue weighted by Crippen LogP contribution is -2.14. The highest BCUT2D eigenvalue weighted by Gasteiger charge is 2.27. The topological polar surface area (TPSA) is 61.8 Å². The summed E-state index contributed by atoms with van der Waals surface area (Å²) in [5, 5.41) is 0. The number of allylic oxidation sites excluding steroid dienone is 1. The maximum Gasteiger partial charge on any atom is 0.344 e. The van der Waals surface area contributed by atoms with Crippen molar-refractivity contribution >= 4 is 17.8 Å². The highest BCUT2D eigenvalue weighted by atomic mass is 16.6. The largest absolute Gasteiger partial charge is 0.482 e. The molecule has 0 saturated carbocycles. The monoisotopic (exact) mass is 386 g/mol. The lowest BCUT2D eigenvalue weighted by molar-refractivity contribution is -0.147. The minimum Gasteiger partial charge on any atom is -0.482 e. The van der Waals surface area contributed by atoms with Crippen molar-refractivity contribution in [3.05, 3.63) is 101 Å². The Bertz CT molecular complexity index is 1060. The number of carbonyl (C=O) groups excluding carboxylic acids is 2. The Morgan fingerprint density at radius 3 is 2.41 bits per heavy atom. The molecule has 1 aliphatic heterocycles. The second-order valence-corrected chi connectivity index (χ2v) is 6.44. The van der Waals surface area contributed by atoms with E-state index in [-0.39, 0.29) is 24.8 Å². The van der Waals surface area contributed by atoms with Gasteiger partial charge in [0.05, 0.1) is 5.56 Å². The van der Waals surface area contributed by atoms with Crippen LogP contribution in [0.2, 0.25) is 0 Å². The summed E-state index contributed by atoms with van der Waals surface area (Å²) < 4.78 is 16.4. The van der Waals surface area contributed by atoms with E-state index in [4.69, 9.17) is 14.2 Å². The number of Topliss-reactive ketones (excluding diaryl/α,β-unsaturated/α-hetero) is 1. The van der Waals surface area contributed by atoms with Gasteiger partial charge in [-0.2, -0.15) is 0 Å². The van der Waals surface area contributed by atoms with Crippen LogP contribution in [-0.4, -0.2) is 18.4 Å². The van der Waals surface area contributed by atoms with Crippen molar-refractivity contribution in [1.29, 1.82) is 0 Å². The number of benzene rings is 3. The van der Waals surface area contributed by atoms with E-state index in [1.54, 1.807) is 24.3 Å². The summed E-state index contributed by atoms with van der Waals surface area (Å²) in [6.45, 7) is -0.0370. The van der Waals surface area contributed by atoms with Crippen LogP contribution in [0, 0.1) is 0 Å². The van der Waals surface area contributed by atoms with Crippen LogP contribution in [0.1, 0.15) is 21.5 Å². The summed E-state index contributed by atoms with van der Waals surface area (Å²) in [5.74, 6) is 0.431. The fourth-order valence-electron chi connectivity index (χ4n) is 2.88. The van der Waals surface area contributed by atoms with Crippen molar-refractivity contribution in [1.82, 2.24) is 0 Å². The Labute approximate surface area is 168 Å². The molecule has 0 bridgehead atoms. The fraction of sp³-hybridized carbons (Fsp3) is 0.0833. The first-order chi connectivity index (χ1) is 14.2. The van der Waals surface area contributed by atoms with Crippen LogP contribution in [0.4, 0.5) is 0 Å². The second kappa shape index (κ2) is 8.44. The van der Waals surface area contributed by atoms with E-state index in [1.165, 1.54) is 0 Å². The zero-order valence-corrected chi connectivity index (χ0v) is 15.5. The van der Waals surface area contributed by atoms with Gasteiger partial charge in [-0.25, -0.2) is 4.79 Å². The van der Waals surface area contributed by atoms with E-state index in [0.29, 0.717) is 17.1 Å². The molecule has 29 heavy (non-hydrogen) atoms. The summed E-state index contributed by atoms with van der Waals surface area (Å²) in [7, 11) is 0. The number of rotatable bonds is 6. The van der Waals surface area contributed by atoms with E-state index in [9.17, 15) is 9.59 Å². The maximum atomic E-state index is 12.5. The number of carbonyl (C=O) groups is 2. The summed E-state index contributed by atoms with van der Waals surface area (Å²) in [4.78, 5) is 24.4. The van der Waals surface area contributed by atoms with Gasteiger partial charge in [0.2, 0.25) is 5.78 Å². The van der Waals surface area contributed by atoms with Crippen molar-refractivity contribution in [3.63, 3.8) is 0 Å². The van der Waals surface area contributed by atoms with Crippen molar-refractivity contribution in [3.8, 4) is 11.5 Å². The molecule has 1 aliphatic rings. The van der Waals surface area contributed by atoms with E-state index < -0.39 is 5.97 Å². The Morgan fingerprint density at radius 1 is 0.931 bits per heavy atom. The third kappa shape index (κ3) is 4.52. The normalized spacial score (nSPS) is 13.7. The molecule has 0 spiro atoms. The lowest BCUT2D eigenvalue weighted by atomic mass is 10.1. The fourth-order valence-corrected chi connectivity index (χ4v) is 2.88. The number of hydrogen-bond donors (Lipinski definition) is 0. The van der Waals surface area contributed by atoms with Gasteiger partial charge in [0.1, 0.15) is 18.1 Å². The maximum absolute atomic E-state index is 12.5. The first kappa shape index (κ1) is 18.5. The van der Waals surface area contributed by atoms with Gasteiger partial charge in [-0.1, -0.05) is 60.7 Å². The molecule has 144 valence electrons. The Kier molecular flexibility index (Phi) is 5.38. The van der Waals surface area contributed by atoms with E-state index in [0.717, 1.165) is 11.1 Å². The number of hydrogen-bond acceptors (Lipinski definition) is 5. The van der Waals surface area contributed by atoms with Gasteiger partial charge in [-0.3, -0.25) is 4.79 Å². The summed E-state index contributed by atoms with van der Waals surface area (Å²) in [6.07, 6.45) is 1.70. The van der Waals surface area contributed by atoms with Crippen molar-refractivity contribution in [2.75, 3.05) is 6.61 Å². The molecular formula is C24H18O5. The van der Waals surface area contributed by atoms with Crippen LogP contribution in [0.25, 0.3) is 6.08 Å². The van der Waals surface area contributed by atoms with Crippen LogP contribution in [-0.2, 0) is 16.1 Å². The average Bonchev–Trinajstić information content (AvgIpc) is 3.07. The third-order valence-corrected chi connectivity index (χ3v) is 4.34. The molecule has 0 unspecified atom stereocenters. The molecule has 0 saturated heterocycles. The van der Waals surface area contributed by atoms with Gasteiger partial charge in [0, 0.05) is 6.07 Å². The predicted molar refractivity (Wildman–Crippen MR) is 108 cm³/mol. The molecule has 0 radical (unpaired) electrons. The Morgan fingerprint density at radius 2 is 1.66 bits per heavy atom. The zero-order chi connectivity index (χ0) is 20.1. The number of ketones is 1. The highest BCUT2D eigenvalue weighted by Crippen LogP contribution is 2.34. The quantitative estimate of drug-likeness (QED) is 0.463. The molecule has 0 fully saturated rings. The highest BCUT2D eigenvalue weighted by molar-refractivity contribution is 6.14. The Balaban J connectivity index is 1.36. The molecule has 0 amide bonds. The molecule has 0 aromatic heterocycles. The van der Waals surface area contributed by atoms with Gasteiger partial charge in [0.25, 0.3) is 0 Å². The number of fused-ring (bicyclic) bond motifs is 1. The van der Waals surface area contributed by atoms with Crippen LogP contribution >= 0.6 is 0 Å². The Hall–Kier alpha value is -3.86. The first-order valence-electron chi connectivity index (χ1n) is 9.15. The number of esters is 1. The van der Waals surface area contributed by atoms with E-state index in [1.807, 2.05) is 60.7 Å². The van der Waals surface area contributed by atoms with Crippen LogP contribution in [0.3, 0.4) is 0 Å². The van der Waals surface area contributed by atoms with E-state index in [2.05, 4.69) is 0 Å². The molecule has 5 heteroatoms. The molecule has 4 rings (SSSR count). The molecule has 0 N–H and O–H groups in total. The summed E-state index contributed by atoms with van der Waals surface area (Å²) in [5.41, 5.74) is 2.25. The van der Waals surface area contributed by atoms with Gasteiger partial charge in [-0.05, 0) is 29.3 Å². The summed E-state index contributed by atoms with van der Waals surface area (Å²) in [6, 6.07) is 23.8. The molecule has 0 aliphatic carbocycles. The first-order valence-corrected chi connectivity index (χ1v) is 9.15. The van der Waals surface area contributed by atoms with E-state index >= 15 is 0 Å². The average molecular weight is 386 g/mol. The third-order valence-electron chi connectivity index (χ3n) is 4.34. The number of ether oxygens (including phenoxy) is 3. The summed E-state index contributed by atoms with van der Waals surface area (Å²) >= 11 is 0. The smallest absolute Gasteiger partial charge is 0.344 e. The minimum atomic E-state index is -0.476. The van der Waals surface area contributed by atoms with Crippen LogP contribution in [0.5, 0.6) is 11.5 Å². The van der Waals surface area contributed by atoms with Gasteiger partial charge < -0.3 is 14.2 Å². The van der Waals surface area contributed by atoms with Crippen LogP contribution < -0.4 is 9.47 Å². The molecule has 5 nitrogen and oxygen atoms in total. The van der Waals surface area contributed by atoms with Crippen molar-refractivity contribution in [2.24, 2.45) is 0 Å².